The van der Waals surface area contributed by atoms with Gasteiger partial charge in [-0.3, -0.25) is 19.5 Å². The molecule has 8 heteroatoms. The van der Waals surface area contributed by atoms with Gasteiger partial charge in [0.1, 0.15) is 0 Å². The van der Waals surface area contributed by atoms with Gasteiger partial charge in [-0.25, -0.2) is 0 Å². The molecule has 0 saturated carbocycles. The van der Waals surface area contributed by atoms with E-state index in [-0.39, 0.29) is 11.8 Å². The monoisotopic (exact) mass is 368 g/mol. The van der Waals surface area contributed by atoms with Gasteiger partial charge in [-0.15, -0.1) is 0 Å². The van der Waals surface area contributed by atoms with Crippen molar-refractivity contribution in [3.63, 3.8) is 0 Å². The molecule has 0 unspecified atom stereocenters. The van der Waals surface area contributed by atoms with Crippen molar-refractivity contribution in [3.8, 4) is 0 Å². The number of carbonyl (C=O) groups is 2. The lowest BCUT2D eigenvalue weighted by atomic mass is 10.3. The van der Waals surface area contributed by atoms with E-state index in [4.69, 9.17) is 0 Å². The van der Waals surface area contributed by atoms with Gasteiger partial charge in [0.15, 0.2) is 5.96 Å². The molecule has 0 bridgehead atoms. The minimum Gasteiger partial charge on any atom is -0.357 e. The third-order valence-corrected chi connectivity index (χ3v) is 4.68. The fourth-order valence-electron chi connectivity index (χ4n) is 3.01. The van der Waals surface area contributed by atoms with E-state index >= 15 is 0 Å². The highest BCUT2D eigenvalue weighted by atomic mass is 16.2. The summed E-state index contributed by atoms with van der Waals surface area (Å²) in [5, 5.41) is 3.26. The van der Waals surface area contributed by atoms with E-state index in [1.807, 2.05) is 42.5 Å². The maximum Gasteiger partial charge on any atom is 0.242 e. The molecule has 1 aliphatic heterocycles. The molecule has 1 N–H and O–H groups in total. The van der Waals surface area contributed by atoms with Crippen LogP contribution in [0.25, 0.3) is 0 Å². The fraction of sp³-hybridized carbons (Fsp3) is 0.833. The first-order valence-corrected chi connectivity index (χ1v) is 9.67. The number of nitrogens with one attached hydrogen (secondary N) is 1. The summed E-state index contributed by atoms with van der Waals surface area (Å²) in [6.45, 7) is 15.1. The first kappa shape index (κ1) is 22.2. The highest BCUT2D eigenvalue weighted by molar-refractivity contribution is 5.86. The van der Waals surface area contributed by atoms with Gasteiger partial charge < -0.3 is 20.0 Å². The van der Waals surface area contributed by atoms with E-state index in [9.17, 15) is 9.59 Å². The Morgan fingerprint density at radius 2 is 1.69 bits per heavy atom. The predicted octanol–water partition coefficient (Wildman–Crippen LogP) is -0.0838. The fourth-order valence-corrected chi connectivity index (χ4v) is 3.01. The molecule has 26 heavy (non-hydrogen) atoms. The van der Waals surface area contributed by atoms with E-state index in [1.54, 1.807) is 6.92 Å². The quantitative estimate of drug-likeness (QED) is 0.479. The third kappa shape index (κ3) is 7.19. The van der Waals surface area contributed by atoms with Crippen LogP contribution < -0.4 is 5.32 Å². The molecule has 150 valence electrons. The van der Waals surface area contributed by atoms with Crippen LogP contribution >= 0.6 is 0 Å². The van der Waals surface area contributed by atoms with Gasteiger partial charge in [0, 0.05) is 66.3 Å². The highest BCUT2D eigenvalue weighted by Crippen LogP contribution is 2.02. The lowest BCUT2D eigenvalue weighted by molar-refractivity contribution is -0.131. The summed E-state index contributed by atoms with van der Waals surface area (Å²) in [5.41, 5.74) is 0. The van der Waals surface area contributed by atoms with Crippen molar-refractivity contribution >= 4 is 17.8 Å². The molecule has 0 aromatic heterocycles. The molecule has 0 aliphatic carbocycles. The molecule has 1 aliphatic rings. The average molecular weight is 369 g/mol. The van der Waals surface area contributed by atoms with Gasteiger partial charge in [0.05, 0.1) is 13.1 Å². The van der Waals surface area contributed by atoms with Gasteiger partial charge in [0.2, 0.25) is 11.8 Å². The summed E-state index contributed by atoms with van der Waals surface area (Å²) in [7, 11) is 1.90. The Kier molecular flexibility index (Phi) is 10.0. The molecule has 8 nitrogen and oxygen atoms in total. The molecule has 0 aromatic rings. The molecule has 0 spiro atoms. The maximum atomic E-state index is 12.3. The molecule has 0 aromatic carbocycles. The Bertz CT molecular complexity index is 470. The zero-order valence-corrected chi connectivity index (χ0v) is 17.1. The van der Waals surface area contributed by atoms with E-state index in [0.717, 1.165) is 58.3 Å². The van der Waals surface area contributed by atoms with Crippen LogP contribution in [0.15, 0.2) is 4.99 Å². The topological polar surface area (TPSA) is 71.5 Å². The number of amides is 2. The molecular weight excluding hydrogens is 332 g/mol. The summed E-state index contributed by atoms with van der Waals surface area (Å²) < 4.78 is 0. The highest BCUT2D eigenvalue weighted by Gasteiger charge is 2.18. The second-order valence-electron chi connectivity index (χ2n) is 6.51. The number of guanidine groups is 1. The van der Waals surface area contributed by atoms with E-state index in [1.165, 1.54) is 0 Å². The van der Waals surface area contributed by atoms with Crippen molar-refractivity contribution in [2.24, 2.45) is 4.99 Å². The maximum absolute atomic E-state index is 12.3. The van der Waals surface area contributed by atoms with Crippen LogP contribution in [0.5, 0.6) is 0 Å². The van der Waals surface area contributed by atoms with E-state index < -0.39 is 0 Å². The van der Waals surface area contributed by atoms with Crippen molar-refractivity contribution in [1.82, 2.24) is 24.9 Å². The Morgan fingerprint density at radius 1 is 1.08 bits per heavy atom. The summed E-state index contributed by atoms with van der Waals surface area (Å²) in [6, 6.07) is 0. The Hall–Kier alpha value is -1.83. The zero-order valence-electron chi connectivity index (χ0n) is 17.1. The number of carbonyl (C=O) groups excluding carboxylic acids is 2. The summed E-state index contributed by atoms with van der Waals surface area (Å²) in [6.07, 6.45) is 0. The molecule has 0 atom stereocenters. The smallest absolute Gasteiger partial charge is 0.242 e. The lowest BCUT2D eigenvalue weighted by Crippen LogP contribution is -2.49. The van der Waals surface area contributed by atoms with Crippen LogP contribution in [0, 0.1) is 0 Å². The van der Waals surface area contributed by atoms with Crippen molar-refractivity contribution in [2.45, 2.75) is 27.7 Å². The van der Waals surface area contributed by atoms with E-state index in [0.29, 0.717) is 13.1 Å². The number of aliphatic imine (C=N–C) groups is 1. The minimum atomic E-state index is 0.114. The first-order valence-electron chi connectivity index (χ1n) is 9.67. The minimum absolute atomic E-state index is 0.114. The van der Waals surface area contributed by atoms with Crippen LogP contribution in [-0.2, 0) is 9.59 Å². The number of nitrogens with zero attached hydrogens (tertiary/aromatic N) is 5. The Labute approximate surface area is 158 Å². The second kappa shape index (κ2) is 11.7. The van der Waals surface area contributed by atoms with Crippen molar-refractivity contribution in [2.75, 3.05) is 72.5 Å². The normalized spacial score (nSPS) is 15.7. The third-order valence-electron chi connectivity index (χ3n) is 4.68. The molecule has 1 rings (SSSR count). The summed E-state index contributed by atoms with van der Waals surface area (Å²) >= 11 is 0. The standard InChI is InChI=1S/C18H36N6O2/c1-6-19-18(21(5)15-17(26)23(7-2)8-3)20-9-10-22-11-13-24(14-12-22)16(4)25/h6-15H2,1-5H3,(H,19,20). The largest absolute Gasteiger partial charge is 0.357 e. The van der Waals surface area contributed by atoms with Crippen molar-refractivity contribution < 1.29 is 9.59 Å². The van der Waals surface area contributed by atoms with Crippen LogP contribution in [0.1, 0.15) is 27.7 Å². The number of hydrogen-bond donors (Lipinski definition) is 1. The number of piperazine rings is 1. The SMILES string of the molecule is CCNC(=NCCN1CCN(C(C)=O)CC1)N(C)CC(=O)N(CC)CC. The van der Waals surface area contributed by atoms with Crippen LogP contribution in [0.2, 0.25) is 0 Å². The molecule has 2 amide bonds. The Morgan fingerprint density at radius 3 is 2.19 bits per heavy atom. The van der Waals surface area contributed by atoms with Gasteiger partial charge in [-0.1, -0.05) is 0 Å². The van der Waals surface area contributed by atoms with Crippen LogP contribution in [-0.4, -0.2) is 110 Å². The van der Waals surface area contributed by atoms with Crippen molar-refractivity contribution in [1.29, 1.82) is 0 Å². The first-order chi connectivity index (χ1) is 12.4. The molecule has 1 heterocycles. The number of rotatable bonds is 8. The summed E-state index contributed by atoms with van der Waals surface area (Å²) in [5.74, 6) is 1.02. The summed E-state index contributed by atoms with van der Waals surface area (Å²) in [4.78, 5) is 36.3. The second-order valence-corrected chi connectivity index (χ2v) is 6.51. The molecular formula is C18H36N6O2. The zero-order chi connectivity index (χ0) is 19.5. The molecule has 0 radical (unpaired) electrons. The number of hydrogen-bond acceptors (Lipinski definition) is 4. The van der Waals surface area contributed by atoms with Crippen LogP contribution in [0.3, 0.4) is 0 Å². The van der Waals surface area contributed by atoms with Crippen LogP contribution in [0.4, 0.5) is 0 Å². The predicted molar refractivity (Wildman–Crippen MR) is 105 cm³/mol. The van der Waals surface area contributed by atoms with Crippen molar-refractivity contribution in [3.05, 3.63) is 0 Å². The average Bonchev–Trinajstić information content (AvgIpc) is 2.62. The van der Waals surface area contributed by atoms with Gasteiger partial charge in [-0.05, 0) is 20.8 Å². The van der Waals surface area contributed by atoms with Gasteiger partial charge >= 0.3 is 0 Å². The van der Waals surface area contributed by atoms with E-state index in [2.05, 4.69) is 15.2 Å². The number of likely N-dealkylation sites (N-methyl/N-ethyl adjacent to an activating group) is 2. The Balaban J connectivity index is 2.50. The lowest BCUT2D eigenvalue weighted by Gasteiger charge is -2.33. The molecule has 1 saturated heterocycles. The van der Waals surface area contributed by atoms with Gasteiger partial charge in [0.25, 0.3) is 0 Å². The molecule has 1 fully saturated rings. The van der Waals surface area contributed by atoms with Gasteiger partial charge in [-0.2, -0.15) is 0 Å².